The lowest BCUT2D eigenvalue weighted by Gasteiger charge is -2.22. The van der Waals surface area contributed by atoms with Gasteiger partial charge in [0.15, 0.2) is 0 Å². The van der Waals surface area contributed by atoms with Gasteiger partial charge < -0.3 is 9.64 Å². The molecular weight excluding hydrogens is 322 g/mol. The summed E-state index contributed by atoms with van der Waals surface area (Å²) in [4.78, 5) is 22.0. The fourth-order valence-corrected chi connectivity index (χ4v) is 3.74. The molecule has 24 heavy (non-hydrogen) atoms. The zero-order chi connectivity index (χ0) is 16.9. The molecule has 0 spiro atoms. The first-order valence-corrected chi connectivity index (χ1v) is 9.10. The SMILES string of the molecule is COc1ccc(CN2CCCN(C(=O)c3scnc3C)CC2)cc1. The van der Waals surface area contributed by atoms with E-state index in [1.54, 1.807) is 12.6 Å². The average Bonchev–Trinajstić information content (AvgIpc) is 2.89. The van der Waals surface area contributed by atoms with Crippen LogP contribution in [0.25, 0.3) is 0 Å². The van der Waals surface area contributed by atoms with Gasteiger partial charge in [0.2, 0.25) is 0 Å². The molecule has 1 aromatic carbocycles. The van der Waals surface area contributed by atoms with Crippen LogP contribution >= 0.6 is 11.3 Å². The molecule has 3 rings (SSSR count). The highest BCUT2D eigenvalue weighted by molar-refractivity contribution is 7.11. The molecule has 1 fully saturated rings. The number of aryl methyl sites for hydroxylation is 1. The number of nitrogens with zero attached hydrogens (tertiary/aromatic N) is 3. The number of benzene rings is 1. The van der Waals surface area contributed by atoms with Crippen molar-refractivity contribution in [3.8, 4) is 5.75 Å². The monoisotopic (exact) mass is 345 g/mol. The van der Waals surface area contributed by atoms with Crippen molar-refractivity contribution in [2.75, 3.05) is 33.3 Å². The molecule has 0 unspecified atom stereocenters. The van der Waals surface area contributed by atoms with Crippen molar-refractivity contribution in [1.82, 2.24) is 14.8 Å². The summed E-state index contributed by atoms with van der Waals surface area (Å²) in [5.74, 6) is 1.01. The van der Waals surface area contributed by atoms with Crippen LogP contribution < -0.4 is 4.74 Å². The Hall–Kier alpha value is -1.92. The quantitative estimate of drug-likeness (QED) is 0.855. The minimum Gasteiger partial charge on any atom is -0.497 e. The van der Waals surface area contributed by atoms with Gasteiger partial charge in [-0.2, -0.15) is 0 Å². The fourth-order valence-electron chi connectivity index (χ4n) is 2.97. The maximum atomic E-state index is 12.6. The third-order valence-corrected chi connectivity index (χ3v) is 5.30. The molecule has 1 saturated heterocycles. The van der Waals surface area contributed by atoms with Gasteiger partial charge in [-0.05, 0) is 31.0 Å². The number of carbonyl (C=O) groups is 1. The summed E-state index contributed by atoms with van der Waals surface area (Å²) >= 11 is 1.44. The molecule has 1 aliphatic rings. The van der Waals surface area contributed by atoms with Crippen molar-refractivity contribution in [2.45, 2.75) is 19.9 Å². The van der Waals surface area contributed by atoms with E-state index in [0.29, 0.717) is 0 Å². The molecule has 0 N–H and O–H groups in total. The highest BCUT2D eigenvalue weighted by Gasteiger charge is 2.22. The number of hydrogen-bond donors (Lipinski definition) is 0. The minimum atomic E-state index is 0.126. The van der Waals surface area contributed by atoms with Crippen molar-refractivity contribution in [2.24, 2.45) is 0 Å². The number of rotatable bonds is 4. The smallest absolute Gasteiger partial charge is 0.265 e. The first-order chi connectivity index (χ1) is 11.7. The third-order valence-electron chi connectivity index (χ3n) is 4.38. The highest BCUT2D eigenvalue weighted by atomic mass is 32.1. The molecule has 0 radical (unpaired) electrons. The highest BCUT2D eigenvalue weighted by Crippen LogP contribution is 2.18. The summed E-state index contributed by atoms with van der Waals surface area (Å²) in [5, 5.41) is 0. The van der Waals surface area contributed by atoms with Crippen LogP contribution in [0.4, 0.5) is 0 Å². The van der Waals surface area contributed by atoms with Crippen LogP contribution in [-0.4, -0.2) is 54.0 Å². The Balaban J connectivity index is 1.58. The lowest BCUT2D eigenvalue weighted by Crippen LogP contribution is -2.35. The van der Waals surface area contributed by atoms with Crippen molar-refractivity contribution in [3.63, 3.8) is 0 Å². The number of carbonyl (C=O) groups excluding carboxylic acids is 1. The maximum absolute atomic E-state index is 12.6. The Labute approximate surface area is 146 Å². The van der Waals surface area contributed by atoms with Gasteiger partial charge in [-0.25, -0.2) is 4.98 Å². The number of hydrogen-bond acceptors (Lipinski definition) is 5. The van der Waals surface area contributed by atoms with E-state index in [4.69, 9.17) is 4.74 Å². The lowest BCUT2D eigenvalue weighted by molar-refractivity contribution is 0.0765. The molecule has 0 atom stereocenters. The lowest BCUT2D eigenvalue weighted by atomic mass is 10.2. The fraction of sp³-hybridized carbons (Fsp3) is 0.444. The van der Waals surface area contributed by atoms with Crippen molar-refractivity contribution in [3.05, 3.63) is 45.9 Å². The first kappa shape index (κ1) is 16.9. The summed E-state index contributed by atoms with van der Waals surface area (Å²) in [7, 11) is 1.68. The van der Waals surface area contributed by atoms with Crippen molar-refractivity contribution < 1.29 is 9.53 Å². The van der Waals surface area contributed by atoms with E-state index in [2.05, 4.69) is 22.0 Å². The van der Waals surface area contributed by atoms with E-state index < -0.39 is 0 Å². The zero-order valence-electron chi connectivity index (χ0n) is 14.2. The number of ether oxygens (including phenoxy) is 1. The number of thiazole rings is 1. The number of methoxy groups -OCH3 is 1. The van der Waals surface area contributed by atoms with Gasteiger partial charge in [-0.15, -0.1) is 11.3 Å². The van der Waals surface area contributed by atoms with E-state index in [0.717, 1.165) is 55.5 Å². The van der Waals surface area contributed by atoms with Crippen molar-refractivity contribution in [1.29, 1.82) is 0 Å². The zero-order valence-corrected chi connectivity index (χ0v) is 15.0. The predicted molar refractivity (Wildman–Crippen MR) is 95.6 cm³/mol. The first-order valence-electron chi connectivity index (χ1n) is 8.22. The standard InChI is InChI=1S/C18H23N3O2S/c1-14-17(24-13-19-14)18(22)21-9-3-8-20(10-11-21)12-15-4-6-16(23-2)7-5-15/h4-7,13H,3,8-12H2,1-2H3. The second-order valence-electron chi connectivity index (χ2n) is 6.04. The summed E-state index contributed by atoms with van der Waals surface area (Å²) in [6, 6.07) is 8.20. The largest absolute Gasteiger partial charge is 0.497 e. The van der Waals surface area contributed by atoms with Crippen LogP contribution in [0.5, 0.6) is 5.75 Å². The normalized spacial score (nSPS) is 16.0. The molecule has 0 aliphatic carbocycles. The van der Waals surface area contributed by atoms with Gasteiger partial charge >= 0.3 is 0 Å². The molecule has 1 aromatic heterocycles. The Morgan fingerprint density at radius 1 is 1.21 bits per heavy atom. The van der Waals surface area contributed by atoms with E-state index in [1.165, 1.54) is 16.9 Å². The molecule has 2 aromatic rings. The van der Waals surface area contributed by atoms with Gasteiger partial charge in [0.25, 0.3) is 5.91 Å². The van der Waals surface area contributed by atoms with Gasteiger partial charge in [0.1, 0.15) is 10.6 Å². The molecule has 1 aliphatic heterocycles. The second kappa shape index (κ2) is 7.77. The Kier molecular flexibility index (Phi) is 5.48. The number of aromatic nitrogens is 1. The topological polar surface area (TPSA) is 45.7 Å². The second-order valence-corrected chi connectivity index (χ2v) is 6.89. The van der Waals surface area contributed by atoms with Crippen molar-refractivity contribution >= 4 is 17.2 Å². The van der Waals surface area contributed by atoms with Crippen LogP contribution in [0, 0.1) is 6.92 Å². The van der Waals surface area contributed by atoms with Crippen LogP contribution in [0.2, 0.25) is 0 Å². The predicted octanol–water partition coefficient (Wildman–Crippen LogP) is 2.81. The van der Waals surface area contributed by atoms with Crippen LogP contribution in [0.1, 0.15) is 27.3 Å². The molecule has 6 heteroatoms. The summed E-state index contributed by atoms with van der Waals surface area (Å²) < 4.78 is 5.20. The molecule has 128 valence electrons. The maximum Gasteiger partial charge on any atom is 0.265 e. The molecule has 2 heterocycles. The van der Waals surface area contributed by atoms with Gasteiger partial charge in [0, 0.05) is 32.7 Å². The minimum absolute atomic E-state index is 0.126. The van der Waals surface area contributed by atoms with Gasteiger partial charge in [0.05, 0.1) is 18.3 Å². The molecule has 0 saturated carbocycles. The summed E-state index contributed by atoms with van der Waals surface area (Å²) in [5.41, 5.74) is 3.86. The Bertz CT molecular complexity index is 684. The molecule has 5 nitrogen and oxygen atoms in total. The van der Waals surface area contributed by atoms with Gasteiger partial charge in [-0.3, -0.25) is 9.69 Å². The molecule has 0 bridgehead atoms. The Morgan fingerprint density at radius 3 is 2.67 bits per heavy atom. The Morgan fingerprint density at radius 2 is 2.00 bits per heavy atom. The van der Waals surface area contributed by atoms with Gasteiger partial charge in [-0.1, -0.05) is 12.1 Å². The van der Waals surface area contributed by atoms with Crippen LogP contribution in [0.15, 0.2) is 29.8 Å². The molecular formula is C18H23N3O2S. The summed E-state index contributed by atoms with van der Waals surface area (Å²) in [6.45, 7) is 6.30. The molecule has 1 amide bonds. The van der Waals surface area contributed by atoms with E-state index in [1.807, 2.05) is 24.0 Å². The van der Waals surface area contributed by atoms with E-state index in [9.17, 15) is 4.79 Å². The van der Waals surface area contributed by atoms with E-state index >= 15 is 0 Å². The third kappa shape index (κ3) is 3.94. The summed E-state index contributed by atoms with van der Waals surface area (Å²) in [6.07, 6.45) is 1.000. The van der Waals surface area contributed by atoms with Crippen LogP contribution in [0.3, 0.4) is 0 Å². The number of amides is 1. The van der Waals surface area contributed by atoms with E-state index in [-0.39, 0.29) is 5.91 Å². The average molecular weight is 345 g/mol. The van der Waals surface area contributed by atoms with Crippen LogP contribution in [-0.2, 0) is 6.54 Å².